The number of nitrogens with one attached hydrogen (secondary N) is 1. The zero-order valence-electron chi connectivity index (χ0n) is 20.9. The van der Waals surface area contributed by atoms with Gasteiger partial charge in [-0.25, -0.2) is 0 Å². The summed E-state index contributed by atoms with van der Waals surface area (Å²) in [5.74, 6) is -0.339. The van der Waals surface area contributed by atoms with E-state index in [0.29, 0.717) is 22.0 Å². The second-order valence-corrected chi connectivity index (χ2v) is 9.98. The highest BCUT2D eigenvalue weighted by Crippen LogP contribution is 2.28. The van der Waals surface area contributed by atoms with Crippen LogP contribution in [0.2, 0.25) is 10.0 Å². The number of carbonyl (C=O) groups is 2. The van der Waals surface area contributed by atoms with Gasteiger partial charge >= 0.3 is 0 Å². The lowest BCUT2D eigenvalue weighted by Crippen LogP contribution is -2.40. The molecule has 0 unspecified atom stereocenters. The molecule has 8 nitrogen and oxygen atoms in total. The van der Waals surface area contributed by atoms with Crippen molar-refractivity contribution in [1.29, 1.82) is 5.26 Å². The number of benzene rings is 3. The normalized spacial score (nSPS) is 11.8. The van der Waals surface area contributed by atoms with Gasteiger partial charge in [0.1, 0.15) is 24.2 Å². The van der Waals surface area contributed by atoms with E-state index in [-0.39, 0.29) is 34.1 Å². The number of nitrogens with zero attached hydrogens (tertiary/aromatic N) is 1. The van der Waals surface area contributed by atoms with Crippen molar-refractivity contribution < 1.29 is 29.3 Å². The van der Waals surface area contributed by atoms with Gasteiger partial charge in [0.05, 0.1) is 22.8 Å². The van der Waals surface area contributed by atoms with E-state index >= 15 is 0 Å². The molecule has 0 aromatic heterocycles. The molecule has 3 aromatic carbocycles. The summed E-state index contributed by atoms with van der Waals surface area (Å²) in [7, 11) is 0. The molecule has 0 aliphatic carbocycles. The number of rotatable bonds is 10. The second-order valence-electron chi connectivity index (χ2n) is 9.10. The summed E-state index contributed by atoms with van der Waals surface area (Å²) in [6.45, 7) is 4.25. The third kappa shape index (κ3) is 7.70. The molecule has 198 valence electrons. The third-order valence-electron chi connectivity index (χ3n) is 5.53. The van der Waals surface area contributed by atoms with Crippen molar-refractivity contribution in [3.8, 4) is 17.6 Å². The van der Waals surface area contributed by atoms with Crippen molar-refractivity contribution in [3.05, 3.63) is 86.9 Å². The number of hydrogen-bond acceptors (Lipinski definition) is 7. The number of hydrogen-bond donors (Lipinski definition) is 3. The van der Waals surface area contributed by atoms with Crippen LogP contribution in [0.5, 0.6) is 11.5 Å². The van der Waals surface area contributed by atoms with Crippen molar-refractivity contribution in [3.63, 3.8) is 0 Å². The van der Waals surface area contributed by atoms with Gasteiger partial charge in [-0.2, -0.15) is 5.26 Å². The van der Waals surface area contributed by atoms with Gasteiger partial charge in [-0.3, -0.25) is 9.59 Å². The predicted molar refractivity (Wildman–Crippen MR) is 144 cm³/mol. The Kier molecular flexibility index (Phi) is 9.36. The van der Waals surface area contributed by atoms with Crippen molar-refractivity contribution in [2.45, 2.75) is 32.5 Å². The Balaban J connectivity index is 1.68. The minimum Gasteiger partial charge on any atom is -0.491 e. The Bertz CT molecular complexity index is 1400. The molecule has 0 aliphatic heterocycles. The summed E-state index contributed by atoms with van der Waals surface area (Å²) in [4.78, 5) is 25.8. The van der Waals surface area contributed by atoms with Gasteiger partial charge in [-0.05, 0) is 80.9 Å². The Labute approximate surface area is 230 Å². The summed E-state index contributed by atoms with van der Waals surface area (Å²) >= 11 is 12.1. The van der Waals surface area contributed by atoms with E-state index < -0.39 is 30.0 Å². The number of carbonyl (C=O) groups excluding carboxylic acids is 2. The SMILES string of the molecule is Cc1cc(OC[C@H](O)C(C)(C)O)ccc1NC(=O)COc1ccc(Cl)cc1C(=O)c1cc(Cl)cc(C#N)c1. The monoisotopic (exact) mass is 556 g/mol. The number of halogens is 2. The number of anilines is 1. The fourth-order valence-electron chi connectivity index (χ4n) is 3.32. The predicted octanol–water partition coefficient (Wildman–Crippen LogP) is 4.93. The lowest BCUT2D eigenvalue weighted by atomic mass is 10.0. The summed E-state index contributed by atoms with van der Waals surface area (Å²) in [6.07, 6.45) is -1.07. The van der Waals surface area contributed by atoms with Gasteiger partial charge in [-0.1, -0.05) is 23.2 Å². The second kappa shape index (κ2) is 12.3. The molecule has 0 bridgehead atoms. The van der Waals surface area contributed by atoms with Gasteiger partial charge < -0.3 is 25.0 Å². The summed E-state index contributed by atoms with van der Waals surface area (Å²) in [6, 6.07) is 15.6. The molecule has 0 heterocycles. The largest absolute Gasteiger partial charge is 0.491 e. The van der Waals surface area contributed by atoms with Gasteiger partial charge in [0.2, 0.25) is 0 Å². The fraction of sp³-hybridized carbons (Fsp3) is 0.250. The summed E-state index contributed by atoms with van der Waals surface area (Å²) < 4.78 is 11.2. The van der Waals surface area contributed by atoms with Crippen molar-refractivity contribution in [2.75, 3.05) is 18.5 Å². The molecule has 0 fully saturated rings. The van der Waals surface area contributed by atoms with Crippen LogP contribution in [-0.2, 0) is 4.79 Å². The topological polar surface area (TPSA) is 129 Å². The number of amides is 1. The van der Waals surface area contributed by atoms with Crippen LogP contribution in [0.3, 0.4) is 0 Å². The summed E-state index contributed by atoms with van der Waals surface area (Å²) in [5.41, 5.74) is 0.436. The smallest absolute Gasteiger partial charge is 0.262 e. The first-order valence-electron chi connectivity index (χ1n) is 11.5. The van der Waals surface area contributed by atoms with Crippen molar-refractivity contribution >= 4 is 40.6 Å². The van der Waals surface area contributed by atoms with E-state index in [4.69, 9.17) is 32.7 Å². The highest BCUT2D eigenvalue weighted by molar-refractivity contribution is 6.32. The van der Waals surface area contributed by atoms with Crippen LogP contribution < -0.4 is 14.8 Å². The van der Waals surface area contributed by atoms with E-state index in [0.717, 1.165) is 0 Å². The van der Waals surface area contributed by atoms with Crippen LogP contribution in [0, 0.1) is 18.3 Å². The molecular weight excluding hydrogens is 531 g/mol. The number of nitriles is 1. The first-order valence-corrected chi connectivity index (χ1v) is 12.2. The molecule has 0 aliphatic rings. The van der Waals surface area contributed by atoms with Gasteiger partial charge in [-0.15, -0.1) is 0 Å². The molecule has 3 N–H and O–H groups in total. The maximum Gasteiger partial charge on any atom is 0.262 e. The zero-order valence-corrected chi connectivity index (χ0v) is 22.4. The van der Waals surface area contributed by atoms with Crippen molar-refractivity contribution in [1.82, 2.24) is 0 Å². The van der Waals surface area contributed by atoms with Crippen LogP contribution >= 0.6 is 23.2 Å². The van der Waals surface area contributed by atoms with E-state index in [1.807, 2.05) is 6.07 Å². The van der Waals surface area contributed by atoms with Gasteiger partial charge in [0.25, 0.3) is 5.91 Å². The van der Waals surface area contributed by atoms with Crippen LogP contribution in [0.4, 0.5) is 5.69 Å². The number of ether oxygens (including phenoxy) is 2. The fourth-order valence-corrected chi connectivity index (χ4v) is 3.73. The first kappa shape index (κ1) is 29.0. The van der Waals surface area contributed by atoms with E-state index in [1.165, 1.54) is 50.2 Å². The Morgan fingerprint density at radius 1 is 1.05 bits per heavy atom. The number of aliphatic hydroxyl groups is 2. The maximum absolute atomic E-state index is 13.2. The highest BCUT2D eigenvalue weighted by Gasteiger charge is 2.25. The lowest BCUT2D eigenvalue weighted by molar-refractivity contribution is -0.118. The molecule has 3 rings (SSSR count). The van der Waals surface area contributed by atoms with Crippen LogP contribution in [-0.4, -0.2) is 46.8 Å². The number of aryl methyl sites for hydroxylation is 1. The van der Waals surface area contributed by atoms with Crippen molar-refractivity contribution in [2.24, 2.45) is 0 Å². The molecule has 3 aromatic rings. The lowest BCUT2D eigenvalue weighted by Gasteiger charge is -2.24. The first-order chi connectivity index (χ1) is 17.9. The Morgan fingerprint density at radius 3 is 2.45 bits per heavy atom. The Hall–Kier alpha value is -3.61. The molecule has 1 atom stereocenters. The molecule has 0 spiro atoms. The minimum absolute atomic E-state index is 0.0996. The third-order valence-corrected chi connectivity index (χ3v) is 5.98. The van der Waals surface area contributed by atoms with Gasteiger partial charge in [0, 0.05) is 21.3 Å². The van der Waals surface area contributed by atoms with E-state index in [9.17, 15) is 25.1 Å². The van der Waals surface area contributed by atoms with Gasteiger partial charge in [0.15, 0.2) is 12.4 Å². The molecule has 1 amide bonds. The molecule has 10 heteroatoms. The highest BCUT2D eigenvalue weighted by atomic mass is 35.5. The standard InChI is InChI=1S/C28H26Cl2N2O6/c1-16-8-21(37-14-25(33)28(2,3)36)5-6-23(16)32-26(34)15-38-24-7-4-19(29)12-22(24)27(35)18-9-17(13-31)10-20(30)11-18/h4-12,25,33,36H,14-15H2,1-3H3,(H,32,34)/t25-/m0/s1. The zero-order chi connectivity index (χ0) is 28.0. The molecule has 0 saturated heterocycles. The maximum atomic E-state index is 13.2. The van der Waals surface area contributed by atoms with Crippen LogP contribution in [0.1, 0.15) is 40.9 Å². The average Bonchev–Trinajstić information content (AvgIpc) is 2.86. The van der Waals surface area contributed by atoms with E-state index in [2.05, 4.69) is 5.32 Å². The average molecular weight is 557 g/mol. The molecule has 0 radical (unpaired) electrons. The number of aliphatic hydroxyl groups excluding tert-OH is 1. The molecular formula is C28H26Cl2N2O6. The molecule has 0 saturated carbocycles. The Morgan fingerprint density at radius 2 is 1.79 bits per heavy atom. The van der Waals surface area contributed by atoms with E-state index in [1.54, 1.807) is 25.1 Å². The molecule has 38 heavy (non-hydrogen) atoms. The minimum atomic E-state index is -1.30. The van der Waals surface area contributed by atoms with Crippen LogP contribution in [0.25, 0.3) is 0 Å². The number of ketones is 1. The van der Waals surface area contributed by atoms with Crippen LogP contribution in [0.15, 0.2) is 54.6 Å². The quantitative estimate of drug-likeness (QED) is 0.302. The summed E-state index contributed by atoms with van der Waals surface area (Å²) in [5, 5.41) is 32.2.